The Labute approximate surface area is 132 Å². The highest BCUT2D eigenvalue weighted by atomic mass is 79.9. The first-order valence-electron chi connectivity index (χ1n) is 5.30. The molecule has 98 valence electrons. The molecule has 0 fully saturated rings. The molecule has 6 heteroatoms. The zero-order chi connectivity index (χ0) is 14.0. The van der Waals surface area contributed by atoms with E-state index in [4.69, 9.17) is 17.3 Å². The van der Waals surface area contributed by atoms with Crippen molar-refractivity contribution in [3.63, 3.8) is 0 Å². The van der Waals surface area contributed by atoms with Crippen LogP contribution in [0.2, 0.25) is 5.02 Å². The first-order valence-corrected chi connectivity index (χ1v) is 7.26. The summed E-state index contributed by atoms with van der Waals surface area (Å²) in [5.41, 5.74) is 7.05. The molecule has 0 atom stereocenters. The van der Waals surface area contributed by atoms with Gasteiger partial charge in [0.05, 0.1) is 22.0 Å². The maximum Gasteiger partial charge on any atom is 0.257 e. The van der Waals surface area contributed by atoms with Gasteiger partial charge in [-0.1, -0.05) is 23.7 Å². The Balaban J connectivity index is 2.34. The van der Waals surface area contributed by atoms with E-state index in [9.17, 15) is 4.79 Å². The second-order valence-corrected chi connectivity index (χ2v) is 5.87. The number of hydrogen-bond donors (Lipinski definition) is 2. The van der Waals surface area contributed by atoms with E-state index in [1.807, 2.05) is 18.2 Å². The molecule has 3 nitrogen and oxygen atoms in total. The summed E-state index contributed by atoms with van der Waals surface area (Å²) in [6.45, 7) is 0. The van der Waals surface area contributed by atoms with Gasteiger partial charge in [-0.3, -0.25) is 4.79 Å². The molecular weight excluding hydrogens is 395 g/mol. The Hall–Kier alpha value is -1.04. The fourth-order valence-corrected chi connectivity index (χ4v) is 2.90. The van der Waals surface area contributed by atoms with Crippen molar-refractivity contribution in [1.82, 2.24) is 0 Å². The van der Waals surface area contributed by atoms with E-state index in [1.54, 1.807) is 18.2 Å². The number of rotatable bonds is 2. The smallest absolute Gasteiger partial charge is 0.257 e. The number of benzene rings is 2. The average Bonchev–Trinajstić information content (AvgIpc) is 2.37. The molecule has 2 aromatic carbocycles. The van der Waals surface area contributed by atoms with Crippen molar-refractivity contribution in [3.05, 3.63) is 55.9 Å². The van der Waals surface area contributed by atoms with Crippen molar-refractivity contribution < 1.29 is 4.79 Å². The van der Waals surface area contributed by atoms with Gasteiger partial charge in [-0.05, 0) is 56.1 Å². The molecule has 0 saturated carbocycles. The number of carbonyl (C=O) groups is 1. The zero-order valence-corrected chi connectivity index (χ0v) is 13.5. The van der Waals surface area contributed by atoms with Crippen molar-refractivity contribution in [2.75, 3.05) is 11.1 Å². The molecule has 0 bridgehead atoms. The van der Waals surface area contributed by atoms with Gasteiger partial charge in [-0.15, -0.1) is 0 Å². The van der Waals surface area contributed by atoms with Crippen LogP contribution in [0.3, 0.4) is 0 Å². The van der Waals surface area contributed by atoms with E-state index < -0.39 is 0 Å². The second-order valence-electron chi connectivity index (χ2n) is 3.75. The molecule has 0 aliphatic carbocycles. The lowest BCUT2D eigenvalue weighted by Gasteiger charge is -2.11. The van der Waals surface area contributed by atoms with Crippen molar-refractivity contribution in [3.8, 4) is 0 Å². The lowest BCUT2D eigenvalue weighted by atomic mass is 10.1. The van der Waals surface area contributed by atoms with Gasteiger partial charge in [0.15, 0.2) is 0 Å². The van der Waals surface area contributed by atoms with Crippen LogP contribution in [-0.2, 0) is 0 Å². The summed E-state index contributed by atoms with van der Waals surface area (Å²) in [6.07, 6.45) is 0. The number of hydrogen-bond acceptors (Lipinski definition) is 2. The Morgan fingerprint density at radius 1 is 1.11 bits per heavy atom. The van der Waals surface area contributed by atoms with E-state index in [0.717, 1.165) is 8.95 Å². The van der Waals surface area contributed by atoms with Crippen LogP contribution in [0.1, 0.15) is 10.4 Å². The summed E-state index contributed by atoms with van der Waals surface area (Å²) in [6, 6.07) is 10.5. The van der Waals surface area contributed by atoms with E-state index in [2.05, 4.69) is 37.2 Å². The van der Waals surface area contributed by atoms with E-state index in [1.165, 1.54) is 0 Å². The highest BCUT2D eigenvalue weighted by Crippen LogP contribution is 2.31. The molecule has 0 aromatic heterocycles. The second kappa shape index (κ2) is 5.94. The number of halogens is 3. The van der Waals surface area contributed by atoms with E-state index in [-0.39, 0.29) is 11.6 Å². The van der Waals surface area contributed by atoms with Crippen LogP contribution in [0.5, 0.6) is 0 Å². The third kappa shape index (κ3) is 3.11. The van der Waals surface area contributed by atoms with Gasteiger partial charge < -0.3 is 11.1 Å². The van der Waals surface area contributed by atoms with Crippen molar-refractivity contribution in [1.29, 1.82) is 0 Å². The summed E-state index contributed by atoms with van der Waals surface area (Å²) in [7, 11) is 0. The quantitative estimate of drug-likeness (QED) is 0.713. The minimum absolute atomic E-state index is 0.268. The van der Waals surface area contributed by atoms with Gasteiger partial charge in [0.25, 0.3) is 5.91 Å². The van der Waals surface area contributed by atoms with E-state index >= 15 is 0 Å². The predicted octanol–water partition coefficient (Wildman–Crippen LogP) is 4.70. The summed E-state index contributed by atoms with van der Waals surface area (Å²) in [5.74, 6) is -0.312. The Morgan fingerprint density at radius 3 is 2.32 bits per heavy atom. The molecule has 0 unspecified atom stereocenters. The molecule has 2 rings (SSSR count). The zero-order valence-electron chi connectivity index (χ0n) is 9.58. The van der Waals surface area contributed by atoms with Crippen LogP contribution < -0.4 is 11.1 Å². The Bertz CT molecular complexity index is 626. The van der Waals surface area contributed by atoms with Gasteiger partial charge in [0.2, 0.25) is 0 Å². The summed E-state index contributed by atoms with van der Waals surface area (Å²) in [5, 5.41) is 3.15. The van der Waals surface area contributed by atoms with Gasteiger partial charge in [0.1, 0.15) is 0 Å². The fourth-order valence-electron chi connectivity index (χ4n) is 1.53. The van der Waals surface area contributed by atoms with Gasteiger partial charge in [-0.25, -0.2) is 0 Å². The van der Waals surface area contributed by atoms with Crippen molar-refractivity contribution in [2.45, 2.75) is 0 Å². The van der Waals surface area contributed by atoms with Crippen molar-refractivity contribution >= 4 is 60.7 Å². The fraction of sp³-hybridized carbons (Fsp3) is 0. The molecular formula is C13H9Br2ClN2O. The number of amides is 1. The molecule has 0 saturated heterocycles. The molecule has 3 N–H and O–H groups in total. The number of nitrogens with two attached hydrogens (primary N) is 1. The number of carbonyl (C=O) groups excluding carboxylic acids is 1. The molecule has 1 amide bonds. The minimum Gasteiger partial charge on any atom is -0.397 e. The van der Waals surface area contributed by atoms with Crippen LogP contribution in [0.15, 0.2) is 45.3 Å². The molecule has 2 aromatic rings. The molecule has 19 heavy (non-hydrogen) atoms. The SMILES string of the molecule is Nc1c(Cl)cccc1C(=O)Nc1c(Br)cccc1Br. The molecule has 0 radical (unpaired) electrons. The van der Waals surface area contributed by atoms with Crippen molar-refractivity contribution in [2.24, 2.45) is 0 Å². The highest BCUT2D eigenvalue weighted by molar-refractivity contribution is 9.11. The lowest BCUT2D eigenvalue weighted by molar-refractivity contribution is 0.102. The number of nitrogens with one attached hydrogen (secondary N) is 1. The third-order valence-corrected chi connectivity index (χ3v) is 4.15. The first kappa shape index (κ1) is 14.4. The van der Waals surface area contributed by atoms with Gasteiger partial charge in [0, 0.05) is 8.95 Å². The maximum atomic E-state index is 12.2. The Morgan fingerprint density at radius 2 is 1.68 bits per heavy atom. The van der Waals surface area contributed by atoms with Crippen LogP contribution in [0, 0.1) is 0 Å². The topological polar surface area (TPSA) is 55.1 Å². The summed E-state index contributed by atoms with van der Waals surface area (Å²) >= 11 is 12.7. The monoisotopic (exact) mass is 402 g/mol. The number of anilines is 2. The lowest BCUT2D eigenvalue weighted by Crippen LogP contribution is -2.14. The largest absolute Gasteiger partial charge is 0.397 e. The number of para-hydroxylation sites is 2. The average molecular weight is 404 g/mol. The van der Waals surface area contributed by atoms with Gasteiger partial charge in [-0.2, -0.15) is 0 Å². The molecule has 0 heterocycles. The van der Waals surface area contributed by atoms with Crippen LogP contribution in [-0.4, -0.2) is 5.91 Å². The minimum atomic E-state index is -0.312. The summed E-state index contributed by atoms with van der Waals surface area (Å²) in [4.78, 5) is 12.2. The van der Waals surface area contributed by atoms with Crippen LogP contribution >= 0.6 is 43.5 Å². The highest BCUT2D eigenvalue weighted by Gasteiger charge is 2.14. The summed E-state index contributed by atoms with van der Waals surface area (Å²) < 4.78 is 1.55. The molecule has 0 aliphatic rings. The van der Waals surface area contributed by atoms with Crippen LogP contribution in [0.4, 0.5) is 11.4 Å². The molecule has 0 spiro atoms. The van der Waals surface area contributed by atoms with Gasteiger partial charge >= 0.3 is 0 Å². The standard InChI is InChI=1S/C13H9Br2ClN2O/c14-8-4-2-5-9(15)12(8)18-13(19)7-3-1-6-10(16)11(7)17/h1-6H,17H2,(H,18,19). The third-order valence-electron chi connectivity index (χ3n) is 2.50. The van der Waals surface area contributed by atoms with E-state index in [0.29, 0.717) is 16.3 Å². The normalized spacial score (nSPS) is 10.3. The number of nitrogen functional groups attached to an aromatic ring is 1. The maximum absolute atomic E-state index is 12.2. The first-order chi connectivity index (χ1) is 9.00. The molecule has 0 aliphatic heterocycles. The van der Waals surface area contributed by atoms with Crippen LogP contribution in [0.25, 0.3) is 0 Å². The predicted molar refractivity (Wildman–Crippen MR) is 85.7 cm³/mol. The Kier molecular flexibility index (Phi) is 4.50.